The molecule has 0 saturated carbocycles. The first kappa shape index (κ1) is 20.3. The van der Waals surface area contributed by atoms with Crippen LogP contribution in [-0.2, 0) is 14.8 Å². The summed E-state index contributed by atoms with van der Waals surface area (Å²) in [6.45, 7) is 0.899. The fourth-order valence-corrected chi connectivity index (χ4v) is 5.72. The molecule has 0 aromatic heterocycles. The van der Waals surface area contributed by atoms with Crippen molar-refractivity contribution in [2.45, 2.75) is 9.79 Å². The number of nitrogens with zero attached hydrogens (tertiary/aromatic N) is 2. The van der Waals surface area contributed by atoms with Crippen molar-refractivity contribution in [1.82, 2.24) is 9.21 Å². The molecule has 1 heterocycles. The van der Waals surface area contributed by atoms with Gasteiger partial charge in [-0.3, -0.25) is 4.79 Å². The molecule has 144 valence electrons. The summed E-state index contributed by atoms with van der Waals surface area (Å²) in [5, 5.41) is 0. The van der Waals surface area contributed by atoms with E-state index in [2.05, 4.69) is 15.9 Å². The molecule has 1 aliphatic heterocycles. The van der Waals surface area contributed by atoms with Crippen molar-refractivity contribution in [2.75, 3.05) is 31.9 Å². The fourth-order valence-electron chi connectivity index (χ4n) is 2.76. The van der Waals surface area contributed by atoms with E-state index in [9.17, 15) is 17.6 Å². The Balaban J connectivity index is 1.58. The lowest BCUT2D eigenvalue weighted by atomic mass is 10.3. The smallest absolute Gasteiger partial charge is 0.246 e. The van der Waals surface area contributed by atoms with E-state index in [-0.39, 0.29) is 29.6 Å². The summed E-state index contributed by atoms with van der Waals surface area (Å²) >= 11 is 4.88. The van der Waals surface area contributed by atoms with Crippen LogP contribution in [0.3, 0.4) is 0 Å². The molecule has 9 heteroatoms. The summed E-state index contributed by atoms with van der Waals surface area (Å²) in [4.78, 5) is 14.7. The second kappa shape index (κ2) is 8.72. The number of amides is 1. The molecule has 1 fully saturated rings. The minimum absolute atomic E-state index is 0.0429. The zero-order valence-electron chi connectivity index (χ0n) is 14.3. The molecule has 1 aliphatic rings. The molecule has 0 N–H and O–H groups in total. The first-order chi connectivity index (χ1) is 12.9. The number of piperazine rings is 1. The van der Waals surface area contributed by atoms with Crippen LogP contribution in [0.15, 0.2) is 62.8 Å². The summed E-state index contributed by atoms with van der Waals surface area (Å²) in [7, 11) is -3.89. The van der Waals surface area contributed by atoms with E-state index in [1.807, 2.05) is 24.3 Å². The Labute approximate surface area is 170 Å². The molecule has 0 atom stereocenters. The van der Waals surface area contributed by atoms with E-state index in [1.54, 1.807) is 4.90 Å². The third-order valence-corrected chi connectivity index (χ3v) is 8.18. The number of sulfonamides is 1. The first-order valence-electron chi connectivity index (χ1n) is 8.29. The number of benzene rings is 2. The van der Waals surface area contributed by atoms with Gasteiger partial charge in [-0.15, -0.1) is 11.8 Å². The summed E-state index contributed by atoms with van der Waals surface area (Å²) in [6, 6.07) is 13.0. The second-order valence-corrected chi connectivity index (χ2v) is 9.71. The van der Waals surface area contributed by atoms with Crippen molar-refractivity contribution in [2.24, 2.45) is 0 Å². The van der Waals surface area contributed by atoms with Crippen LogP contribution in [0.5, 0.6) is 0 Å². The Morgan fingerprint density at radius 3 is 2.33 bits per heavy atom. The zero-order valence-corrected chi connectivity index (χ0v) is 17.6. The number of carbonyl (C=O) groups is 1. The number of rotatable bonds is 5. The van der Waals surface area contributed by atoms with Crippen molar-refractivity contribution in [3.05, 3.63) is 58.8 Å². The van der Waals surface area contributed by atoms with Gasteiger partial charge in [0.2, 0.25) is 15.9 Å². The predicted octanol–water partition coefficient (Wildman–Crippen LogP) is 3.21. The Hall–Kier alpha value is -1.42. The van der Waals surface area contributed by atoms with E-state index in [0.29, 0.717) is 13.1 Å². The zero-order chi connectivity index (χ0) is 19.4. The molecule has 2 aromatic rings. The first-order valence-corrected chi connectivity index (χ1v) is 11.5. The molecule has 0 bridgehead atoms. The molecule has 5 nitrogen and oxygen atoms in total. The molecular weight excluding hydrogens is 455 g/mol. The summed E-state index contributed by atoms with van der Waals surface area (Å²) in [5.74, 6) is -0.526. The molecule has 0 unspecified atom stereocenters. The maximum Gasteiger partial charge on any atom is 0.246 e. The van der Waals surface area contributed by atoms with Crippen LogP contribution in [0, 0.1) is 5.82 Å². The molecule has 27 heavy (non-hydrogen) atoms. The van der Waals surface area contributed by atoms with Crippen molar-refractivity contribution >= 4 is 43.6 Å². The van der Waals surface area contributed by atoms with Gasteiger partial charge in [-0.2, -0.15) is 4.31 Å². The number of hydrogen-bond acceptors (Lipinski definition) is 4. The maximum atomic E-state index is 13.9. The van der Waals surface area contributed by atoms with Gasteiger partial charge in [0.15, 0.2) is 0 Å². The van der Waals surface area contributed by atoms with Gasteiger partial charge in [-0.05, 0) is 40.2 Å². The summed E-state index contributed by atoms with van der Waals surface area (Å²) < 4.78 is 41.2. The van der Waals surface area contributed by atoms with Gasteiger partial charge in [0.25, 0.3) is 0 Å². The summed E-state index contributed by atoms with van der Waals surface area (Å²) in [5.41, 5.74) is 0. The van der Waals surface area contributed by atoms with Crippen LogP contribution >= 0.6 is 27.7 Å². The highest BCUT2D eigenvalue weighted by Crippen LogP contribution is 2.27. The lowest BCUT2D eigenvalue weighted by molar-refractivity contribution is -0.129. The predicted molar refractivity (Wildman–Crippen MR) is 107 cm³/mol. The third kappa shape index (κ3) is 4.71. The van der Waals surface area contributed by atoms with Crippen molar-refractivity contribution in [1.29, 1.82) is 0 Å². The van der Waals surface area contributed by atoms with Gasteiger partial charge < -0.3 is 4.90 Å². The number of carbonyl (C=O) groups excluding carboxylic acids is 1. The second-order valence-electron chi connectivity index (χ2n) is 5.93. The summed E-state index contributed by atoms with van der Waals surface area (Å²) in [6.07, 6.45) is 0. The lowest BCUT2D eigenvalue weighted by Crippen LogP contribution is -2.51. The van der Waals surface area contributed by atoms with E-state index in [4.69, 9.17) is 0 Å². The standard InChI is InChI=1S/C18H18BrFN2O3S2/c19-14-5-1-3-7-16(14)26-13-18(23)21-9-11-22(12-10-21)27(24,25)17-8-4-2-6-15(17)20/h1-8H,9-13H2. The fraction of sp³-hybridized carbons (Fsp3) is 0.278. The Bertz CT molecular complexity index is 932. The van der Waals surface area contributed by atoms with Crippen LogP contribution < -0.4 is 0 Å². The highest BCUT2D eigenvalue weighted by molar-refractivity contribution is 9.10. The van der Waals surface area contributed by atoms with Gasteiger partial charge in [0.05, 0.1) is 5.75 Å². The highest BCUT2D eigenvalue weighted by atomic mass is 79.9. The van der Waals surface area contributed by atoms with Crippen LogP contribution in [0.25, 0.3) is 0 Å². The van der Waals surface area contributed by atoms with E-state index < -0.39 is 15.8 Å². The molecule has 0 aliphatic carbocycles. The molecule has 0 radical (unpaired) electrons. The van der Waals surface area contributed by atoms with Crippen molar-refractivity contribution in [3.8, 4) is 0 Å². The molecule has 1 amide bonds. The Morgan fingerprint density at radius 1 is 1.04 bits per heavy atom. The van der Waals surface area contributed by atoms with Gasteiger partial charge in [0, 0.05) is 35.5 Å². The van der Waals surface area contributed by atoms with Crippen LogP contribution in [-0.4, -0.2) is 55.5 Å². The highest BCUT2D eigenvalue weighted by Gasteiger charge is 2.31. The molecule has 0 spiro atoms. The van der Waals surface area contributed by atoms with Gasteiger partial charge >= 0.3 is 0 Å². The SMILES string of the molecule is O=C(CSc1ccccc1Br)N1CCN(S(=O)(=O)c2ccccc2F)CC1. The monoisotopic (exact) mass is 472 g/mol. The number of halogens is 2. The van der Waals surface area contributed by atoms with Crippen LogP contribution in [0.4, 0.5) is 4.39 Å². The molecular formula is C18H18BrFN2O3S2. The van der Waals surface area contributed by atoms with Gasteiger partial charge in [0.1, 0.15) is 10.7 Å². The average Bonchev–Trinajstić information content (AvgIpc) is 2.67. The maximum absolute atomic E-state index is 13.9. The quantitative estimate of drug-likeness (QED) is 0.626. The van der Waals surface area contributed by atoms with E-state index in [0.717, 1.165) is 15.4 Å². The van der Waals surface area contributed by atoms with E-state index in [1.165, 1.54) is 34.3 Å². The molecule has 3 rings (SSSR count). The average molecular weight is 473 g/mol. The minimum Gasteiger partial charge on any atom is -0.339 e. The van der Waals surface area contributed by atoms with Crippen LogP contribution in [0.1, 0.15) is 0 Å². The minimum atomic E-state index is -3.89. The lowest BCUT2D eigenvalue weighted by Gasteiger charge is -2.34. The molecule has 2 aromatic carbocycles. The molecule has 1 saturated heterocycles. The van der Waals surface area contributed by atoms with Crippen molar-refractivity contribution in [3.63, 3.8) is 0 Å². The van der Waals surface area contributed by atoms with Crippen LogP contribution in [0.2, 0.25) is 0 Å². The van der Waals surface area contributed by atoms with Gasteiger partial charge in [-0.25, -0.2) is 12.8 Å². The number of thioether (sulfide) groups is 1. The number of hydrogen-bond donors (Lipinski definition) is 0. The van der Waals surface area contributed by atoms with E-state index >= 15 is 0 Å². The Kier molecular flexibility index (Phi) is 6.56. The largest absolute Gasteiger partial charge is 0.339 e. The Morgan fingerprint density at radius 2 is 1.67 bits per heavy atom. The van der Waals surface area contributed by atoms with Crippen molar-refractivity contribution < 1.29 is 17.6 Å². The topological polar surface area (TPSA) is 57.7 Å². The third-order valence-electron chi connectivity index (χ3n) is 4.23. The normalized spacial score (nSPS) is 15.7. The van der Waals surface area contributed by atoms with Gasteiger partial charge in [-0.1, -0.05) is 24.3 Å².